The number of urea groups is 2. The molecule has 1 saturated heterocycles. The second-order valence-electron chi connectivity index (χ2n) is 5.97. The lowest BCUT2D eigenvalue weighted by Gasteiger charge is -2.16. The van der Waals surface area contributed by atoms with Crippen molar-refractivity contribution in [2.45, 2.75) is 10.7 Å². The number of amides is 4. The first kappa shape index (κ1) is 20.3. The van der Waals surface area contributed by atoms with E-state index in [1.165, 1.54) is 17.0 Å². The van der Waals surface area contributed by atoms with Crippen LogP contribution in [0.4, 0.5) is 35.4 Å². The van der Waals surface area contributed by atoms with E-state index in [4.69, 9.17) is 0 Å². The first-order chi connectivity index (χ1) is 13.8. The fourth-order valence-corrected chi connectivity index (χ4v) is 3.31. The smallest absolute Gasteiger partial charge is 0.336 e. The molecule has 0 saturated carbocycles. The van der Waals surface area contributed by atoms with Crippen LogP contribution in [0.25, 0.3) is 0 Å². The van der Waals surface area contributed by atoms with Crippen LogP contribution in [-0.4, -0.2) is 39.3 Å². The van der Waals surface area contributed by atoms with E-state index in [2.05, 4.69) is 21.5 Å². The van der Waals surface area contributed by atoms with E-state index in [9.17, 15) is 26.8 Å². The van der Waals surface area contributed by atoms with E-state index in [0.29, 0.717) is 24.5 Å². The van der Waals surface area contributed by atoms with Crippen LogP contribution >= 0.6 is 0 Å². The van der Waals surface area contributed by atoms with Gasteiger partial charge in [0.1, 0.15) is 0 Å². The largest absolute Gasteiger partial charge is 0.341 e. The minimum absolute atomic E-state index is 0.217. The van der Waals surface area contributed by atoms with Crippen molar-refractivity contribution in [3.8, 4) is 0 Å². The number of carbonyl (C=O) groups excluding carboxylic acids is 2. The Morgan fingerprint density at radius 2 is 1.83 bits per heavy atom. The predicted octanol–water partition coefficient (Wildman–Crippen LogP) is 2.36. The Kier molecular flexibility index (Phi) is 5.82. The molecule has 1 fully saturated rings. The molecule has 0 aliphatic carbocycles. The molecule has 0 spiro atoms. The van der Waals surface area contributed by atoms with Gasteiger partial charge in [0, 0.05) is 24.5 Å². The van der Waals surface area contributed by atoms with Crippen LogP contribution in [0.2, 0.25) is 0 Å². The second-order valence-corrected chi connectivity index (χ2v) is 7.89. The molecule has 2 aromatic carbocycles. The zero-order valence-corrected chi connectivity index (χ0v) is 15.7. The summed E-state index contributed by atoms with van der Waals surface area (Å²) in [5, 5.41) is 5.26. The van der Waals surface area contributed by atoms with Gasteiger partial charge in [-0.1, -0.05) is 6.07 Å². The lowest BCUT2D eigenvalue weighted by atomic mass is 10.2. The number of hydrogen-bond acceptors (Lipinski definition) is 5. The molecule has 2 aromatic rings. The van der Waals surface area contributed by atoms with Crippen molar-refractivity contribution in [1.82, 2.24) is 10.7 Å². The Balaban J connectivity index is 1.57. The molecule has 0 aromatic heterocycles. The molecule has 1 aliphatic rings. The van der Waals surface area contributed by atoms with Gasteiger partial charge < -0.3 is 10.6 Å². The topological polar surface area (TPSA) is 120 Å². The molecule has 3 rings (SSSR count). The first-order valence-electron chi connectivity index (χ1n) is 8.38. The van der Waals surface area contributed by atoms with Gasteiger partial charge in [-0.3, -0.25) is 15.8 Å². The number of nitrogens with one attached hydrogen (secondary N) is 4. The minimum atomic E-state index is -4.67. The highest BCUT2D eigenvalue weighted by atomic mass is 32.2. The van der Waals surface area contributed by atoms with Crippen molar-refractivity contribution in [1.29, 1.82) is 0 Å². The molecule has 0 unspecified atom stereocenters. The lowest BCUT2D eigenvalue weighted by molar-refractivity contribution is 0.234. The summed E-state index contributed by atoms with van der Waals surface area (Å²) in [6, 6.07) is 10.3. The van der Waals surface area contributed by atoms with Gasteiger partial charge in [0.2, 0.25) is 9.84 Å². The molecule has 0 bridgehead atoms. The molecule has 0 atom stereocenters. The molecule has 1 aliphatic heterocycles. The van der Waals surface area contributed by atoms with Gasteiger partial charge >= 0.3 is 17.8 Å². The van der Waals surface area contributed by atoms with Crippen LogP contribution in [0.5, 0.6) is 0 Å². The summed E-state index contributed by atoms with van der Waals surface area (Å²) in [7, 11) is -4.67. The Hall–Kier alpha value is -3.41. The fraction of sp³-hybridized carbons (Fsp3) is 0.176. The average Bonchev–Trinajstić information content (AvgIpc) is 3.13. The number of hydrogen-bond donors (Lipinski definition) is 4. The Labute approximate surface area is 165 Å². The summed E-state index contributed by atoms with van der Waals surface area (Å²) in [5.74, 6) is -3.51. The molecular formula is C17H17F2N5O4S. The van der Waals surface area contributed by atoms with Crippen LogP contribution in [0.3, 0.4) is 0 Å². The van der Waals surface area contributed by atoms with Crippen molar-refractivity contribution in [2.75, 3.05) is 28.7 Å². The van der Waals surface area contributed by atoms with Crippen LogP contribution in [0, 0.1) is 0 Å². The van der Waals surface area contributed by atoms with Gasteiger partial charge in [-0.25, -0.2) is 18.0 Å². The number of nitrogens with zero attached hydrogens (tertiary/aromatic N) is 1. The third-order valence-electron chi connectivity index (χ3n) is 4.01. The number of hydrazine groups is 1. The predicted molar refractivity (Wildman–Crippen MR) is 103 cm³/mol. The van der Waals surface area contributed by atoms with E-state index in [-0.39, 0.29) is 11.7 Å². The van der Waals surface area contributed by atoms with Crippen molar-refractivity contribution >= 4 is 39.0 Å². The Morgan fingerprint density at radius 3 is 2.45 bits per heavy atom. The molecule has 29 heavy (non-hydrogen) atoms. The van der Waals surface area contributed by atoms with Gasteiger partial charge in [-0.05, 0) is 42.5 Å². The number of rotatable bonds is 6. The Bertz CT molecular complexity index is 1010. The van der Waals surface area contributed by atoms with E-state index in [0.717, 1.165) is 12.1 Å². The van der Waals surface area contributed by atoms with Crippen molar-refractivity contribution in [2.24, 2.45) is 0 Å². The van der Waals surface area contributed by atoms with Gasteiger partial charge in [0.25, 0.3) is 0 Å². The number of halogens is 2. The van der Waals surface area contributed by atoms with Crippen molar-refractivity contribution in [3.63, 3.8) is 0 Å². The fourth-order valence-electron chi connectivity index (χ4n) is 2.59. The summed E-state index contributed by atoms with van der Waals surface area (Å²) < 4.78 is 47.8. The molecule has 1 heterocycles. The summed E-state index contributed by atoms with van der Waals surface area (Å²) >= 11 is 0. The monoisotopic (exact) mass is 425 g/mol. The van der Waals surface area contributed by atoms with Crippen LogP contribution in [0.15, 0.2) is 53.4 Å². The number of sulfone groups is 1. The average molecular weight is 425 g/mol. The summed E-state index contributed by atoms with van der Waals surface area (Å²) in [4.78, 5) is 24.8. The van der Waals surface area contributed by atoms with Crippen LogP contribution in [0.1, 0.15) is 0 Å². The lowest BCUT2D eigenvalue weighted by Crippen LogP contribution is -2.33. The zero-order chi connectivity index (χ0) is 21.0. The van der Waals surface area contributed by atoms with E-state index in [1.807, 2.05) is 0 Å². The highest BCUT2D eigenvalue weighted by molar-refractivity contribution is 7.91. The van der Waals surface area contributed by atoms with Crippen LogP contribution < -0.4 is 26.4 Å². The van der Waals surface area contributed by atoms with Gasteiger partial charge in [-0.2, -0.15) is 8.78 Å². The molecule has 12 heteroatoms. The van der Waals surface area contributed by atoms with Crippen LogP contribution in [-0.2, 0) is 9.84 Å². The normalized spacial score (nSPS) is 13.9. The maximum Gasteiger partial charge on any atom is 0.341 e. The maximum atomic E-state index is 12.5. The molecule has 0 radical (unpaired) electrons. The van der Waals surface area contributed by atoms with Gasteiger partial charge in [0.15, 0.2) is 0 Å². The quantitative estimate of drug-likeness (QED) is 0.530. The molecule has 9 nitrogen and oxygen atoms in total. The van der Waals surface area contributed by atoms with Gasteiger partial charge in [0.05, 0.1) is 10.6 Å². The van der Waals surface area contributed by atoms with Crippen molar-refractivity contribution in [3.05, 3.63) is 48.5 Å². The number of benzene rings is 2. The number of anilines is 3. The van der Waals surface area contributed by atoms with E-state index >= 15 is 0 Å². The van der Waals surface area contributed by atoms with E-state index < -0.39 is 26.5 Å². The molecule has 154 valence electrons. The molecule has 4 N–H and O–H groups in total. The number of carbonyl (C=O) groups is 2. The first-order valence-corrected chi connectivity index (χ1v) is 9.92. The third kappa shape index (κ3) is 4.71. The van der Waals surface area contributed by atoms with Crippen molar-refractivity contribution < 1.29 is 26.8 Å². The summed E-state index contributed by atoms with van der Waals surface area (Å²) in [6.07, 6.45) is 0. The van der Waals surface area contributed by atoms with E-state index in [1.54, 1.807) is 24.3 Å². The summed E-state index contributed by atoms with van der Waals surface area (Å²) in [6.45, 7) is 1.06. The minimum Gasteiger partial charge on any atom is -0.336 e. The standard InChI is InChI=1S/C17H17F2N5O4S/c18-15(19)29(27,28)14-6-4-11(5-7-14)22-23-16(25)21-12-2-1-3-13(10-12)24-9-8-20-17(24)26/h1-7,10,15,22H,8-9H2,(H,20,26)(H2,21,23,25). The SMILES string of the molecule is O=C(NNc1ccc(S(=O)(=O)C(F)F)cc1)Nc1cccc(N2CCNC2=O)c1. The molecule has 4 amide bonds. The third-order valence-corrected chi connectivity index (χ3v) is 5.41. The summed E-state index contributed by atoms with van der Waals surface area (Å²) in [5.41, 5.74) is 6.22. The maximum absolute atomic E-state index is 12.5. The highest BCUT2D eigenvalue weighted by Gasteiger charge is 2.26. The molecular weight excluding hydrogens is 408 g/mol. The van der Waals surface area contributed by atoms with Gasteiger partial charge in [-0.15, -0.1) is 0 Å². The second kappa shape index (κ2) is 8.31. The Morgan fingerprint density at radius 1 is 1.10 bits per heavy atom. The zero-order valence-electron chi connectivity index (χ0n) is 14.9. The highest BCUT2D eigenvalue weighted by Crippen LogP contribution is 2.21. The number of alkyl halides is 2.